The molecule has 5 heteroatoms. The van der Waals surface area contributed by atoms with Crippen LogP contribution in [0.3, 0.4) is 0 Å². The second kappa shape index (κ2) is 5.33. The van der Waals surface area contributed by atoms with Gasteiger partial charge in [0.1, 0.15) is 5.69 Å². The summed E-state index contributed by atoms with van der Waals surface area (Å²) < 4.78 is 13.7. The highest BCUT2D eigenvalue weighted by Gasteiger charge is 2.26. The van der Waals surface area contributed by atoms with Crippen LogP contribution in [0.15, 0.2) is 18.2 Å². The first-order valence-electron chi connectivity index (χ1n) is 6.31. The maximum Gasteiger partial charge on any atom is 0.295 e. The number of anilines is 1. The summed E-state index contributed by atoms with van der Waals surface area (Å²) in [5.41, 5.74) is -0.154. The molecule has 0 aliphatic heterocycles. The van der Waals surface area contributed by atoms with Crippen LogP contribution < -0.4 is 5.32 Å². The predicted octanol–water partition coefficient (Wildman–Crippen LogP) is 3.72. The van der Waals surface area contributed by atoms with Gasteiger partial charge in [-0.3, -0.25) is 10.1 Å². The summed E-state index contributed by atoms with van der Waals surface area (Å²) in [5, 5.41) is 13.9. The maximum atomic E-state index is 13.7. The monoisotopic (exact) mass is 252 g/mol. The molecule has 0 radical (unpaired) electrons. The Bertz CT molecular complexity index is 451. The van der Waals surface area contributed by atoms with Crippen molar-refractivity contribution < 1.29 is 9.31 Å². The molecule has 2 atom stereocenters. The molecule has 1 N–H and O–H groups in total. The number of rotatable bonds is 4. The summed E-state index contributed by atoms with van der Waals surface area (Å²) in [5.74, 6) is 0.0949. The molecule has 2 rings (SSSR count). The molecule has 1 aliphatic carbocycles. The van der Waals surface area contributed by atoms with Crippen molar-refractivity contribution in [2.45, 2.75) is 38.6 Å². The van der Waals surface area contributed by atoms with Gasteiger partial charge in [-0.05, 0) is 31.2 Å². The fourth-order valence-corrected chi connectivity index (χ4v) is 2.59. The minimum absolute atomic E-state index is 0.0317. The Labute approximate surface area is 105 Å². The molecular weight excluding hydrogens is 235 g/mol. The van der Waals surface area contributed by atoms with E-state index in [4.69, 9.17) is 0 Å². The van der Waals surface area contributed by atoms with Crippen molar-refractivity contribution in [1.29, 1.82) is 0 Å². The number of nitrogens with one attached hydrogen (secondary N) is 1. The third-order valence-electron chi connectivity index (χ3n) is 3.66. The standard InChI is InChI=1S/C13H17FN2O2/c1-2-9-6-7-10(8-9)15-13-11(14)4-3-5-12(13)16(17)18/h3-5,9-10,15H,2,6-8H2,1H3. The minimum Gasteiger partial charge on any atom is -0.374 e. The van der Waals surface area contributed by atoms with E-state index in [0.717, 1.165) is 25.7 Å². The molecule has 0 saturated heterocycles. The molecule has 1 aliphatic rings. The van der Waals surface area contributed by atoms with Gasteiger partial charge in [-0.25, -0.2) is 4.39 Å². The number of nitro benzene ring substituents is 1. The molecule has 98 valence electrons. The lowest BCUT2D eigenvalue weighted by atomic mass is 10.1. The molecule has 0 bridgehead atoms. The normalized spacial score (nSPS) is 23.0. The third-order valence-corrected chi connectivity index (χ3v) is 3.66. The third kappa shape index (κ3) is 2.60. The van der Waals surface area contributed by atoms with E-state index in [-0.39, 0.29) is 17.4 Å². The van der Waals surface area contributed by atoms with Crippen molar-refractivity contribution in [2.24, 2.45) is 5.92 Å². The quantitative estimate of drug-likeness (QED) is 0.656. The van der Waals surface area contributed by atoms with Crippen LogP contribution in [0.25, 0.3) is 0 Å². The summed E-state index contributed by atoms with van der Waals surface area (Å²) >= 11 is 0. The van der Waals surface area contributed by atoms with Crippen LogP contribution in [-0.2, 0) is 0 Å². The van der Waals surface area contributed by atoms with E-state index < -0.39 is 10.7 Å². The first-order chi connectivity index (χ1) is 8.61. The van der Waals surface area contributed by atoms with Gasteiger partial charge in [0, 0.05) is 12.1 Å². The average molecular weight is 252 g/mol. The van der Waals surface area contributed by atoms with Gasteiger partial charge in [-0.1, -0.05) is 19.4 Å². The Kier molecular flexibility index (Phi) is 3.79. The van der Waals surface area contributed by atoms with Gasteiger partial charge in [0.15, 0.2) is 5.82 Å². The van der Waals surface area contributed by atoms with Crippen molar-refractivity contribution in [2.75, 3.05) is 5.32 Å². The molecule has 0 amide bonds. The van der Waals surface area contributed by atoms with Gasteiger partial charge in [0.05, 0.1) is 4.92 Å². The van der Waals surface area contributed by atoms with E-state index in [1.54, 1.807) is 0 Å². The maximum absolute atomic E-state index is 13.7. The van der Waals surface area contributed by atoms with E-state index in [2.05, 4.69) is 12.2 Å². The molecule has 2 unspecified atom stereocenters. The van der Waals surface area contributed by atoms with Crippen LogP contribution in [0.4, 0.5) is 15.8 Å². The van der Waals surface area contributed by atoms with E-state index in [1.807, 2.05) is 0 Å². The Hall–Kier alpha value is -1.65. The molecular formula is C13H17FN2O2. The van der Waals surface area contributed by atoms with Crippen molar-refractivity contribution in [3.05, 3.63) is 34.1 Å². The molecule has 0 spiro atoms. The van der Waals surface area contributed by atoms with E-state index in [9.17, 15) is 14.5 Å². The first kappa shape index (κ1) is 12.8. The second-order valence-corrected chi connectivity index (χ2v) is 4.82. The number of halogens is 1. The average Bonchev–Trinajstić information content (AvgIpc) is 2.79. The largest absolute Gasteiger partial charge is 0.374 e. The highest BCUT2D eigenvalue weighted by molar-refractivity contribution is 5.62. The molecule has 1 saturated carbocycles. The lowest BCUT2D eigenvalue weighted by Crippen LogP contribution is -2.17. The number of nitro groups is 1. The molecule has 0 aromatic heterocycles. The molecule has 1 fully saturated rings. The Morgan fingerprint density at radius 1 is 1.50 bits per heavy atom. The smallest absolute Gasteiger partial charge is 0.295 e. The molecule has 1 aromatic rings. The van der Waals surface area contributed by atoms with Crippen LogP contribution in [-0.4, -0.2) is 11.0 Å². The van der Waals surface area contributed by atoms with Crippen LogP contribution >= 0.6 is 0 Å². The van der Waals surface area contributed by atoms with Crippen molar-refractivity contribution in [3.8, 4) is 0 Å². The Morgan fingerprint density at radius 2 is 2.28 bits per heavy atom. The van der Waals surface area contributed by atoms with Crippen molar-refractivity contribution >= 4 is 11.4 Å². The van der Waals surface area contributed by atoms with E-state index in [1.165, 1.54) is 18.2 Å². The van der Waals surface area contributed by atoms with Crippen LogP contribution in [0.2, 0.25) is 0 Å². The van der Waals surface area contributed by atoms with E-state index >= 15 is 0 Å². The van der Waals surface area contributed by atoms with Crippen LogP contribution in [0, 0.1) is 21.8 Å². The van der Waals surface area contributed by atoms with Crippen LogP contribution in [0.5, 0.6) is 0 Å². The van der Waals surface area contributed by atoms with Crippen molar-refractivity contribution in [1.82, 2.24) is 0 Å². The summed E-state index contributed by atoms with van der Waals surface area (Å²) in [6.07, 6.45) is 4.12. The fraction of sp³-hybridized carbons (Fsp3) is 0.538. The van der Waals surface area contributed by atoms with E-state index in [0.29, 0.717) is 5.92 Å². The zero-order valence-corrected chi connectivity index (χ0v) is 10.4. The van der Waals surface area contributed by atoms with Gasteiger partial charge in [0.2, 0.25) is 0 Å². The minimum atomic E-state index is -0.552. The van der Waals surface area contributed by atoms with Gasteiger partial charge >= 0.3 is 0 Å². The van der Waals surface area contributed by atoms with Gasteiger partial charge in [-0.2, -0.15) is 0 Å². The molecule has 1 aromatic carbocycles. The zero-order chi connectivity index (χ0) is 13.1. The summed E-state index contributed by atoms with van der Waals surface area (Å²) in [4.78, 5) is 10.3. The number of hydrogen-bond acceptors (Lipinski definition) is 3. The number of benzene rings is 1. The number of para-hydroxylation sites is 1. The second-order valence-electron chi connectivity index (χ2n) is 4.82. The topological polar surface area (TPSA) is 55.2 Å². The summed E-state index contributed by atoms with van der Waals surface area (Å²) in [6.45, 7) is 2.14. The lowest BCUT2D eigenvalue weighted by molar-refractivity contribution is -0.384. The Morgan fingerprint density at radius 3 is 2.89 bits per heavy atom. The SMILES string of the molecule is CCC1CCC(Nc2c(F)cccc2[N+](=O)[O-])C1. The predicted molar refractivity (Wildman–Crippen MR) is 68.1 cm³/mol. The molecule has 0 heterocycles. The summed E-state index contributed by atoms with van der Waals surface area (Å²) in [7, 11) is 0. The fourth-order valence-electron chi connectivity index (χ4n) is 2.59. The highest BCUT2D eigenvalue weighted by atomic mass is 19.1. The lowest BCUT2D eigenvalue weighted by Gasteiger charge is -2.15. The number of nitrogens with zero attached hydrogens (tertiary/aromatic N) is 1. The van der Waals surface area contributed by atoms with Gasteiger partial charge in [0.25, 0.3) is 5.69 Å². The van der Waals surface area contributed by atoms with Gasteiger partial charge < -0.3 is 5.32 Å². The van der Waals surface area contributed by atoms with Crippen LogP contribution in [0.1, 0.15) is 32.6 Å². The van der Waals surface area contributed by atoms with Gasteiger partial charge in [-0.15, -0.1) is 0 Å². The number of hydrogen-bond donors (Lipinski definition) is 1. The molecule has 4 nitrogen and oxygen atoms in total. The highest BCUT2D eigenvalue weighted by Crippen LogP contribution is 2.34. The zero-order valence-electron chi connectivity index (χ0n) is 10.4. The Balaban J connectivity index is 2.16. The molecule has 18 heavy (non-hydrogen) atoms. The summed E-state index contributed by atoms with van der Waals surface area (Å²) in [6, 6.07) is 4.09. The first-order valence-corrected chi connectivity index (χ1v) is 6.31. The van der Waals surface area contributed by atoms with Crippen molar-refractivity contribution in [3.63, 3.8) is 0 Å².